The highest BCUT2D eigenvalue weighted by atomic mass is 16.6. The van der Waals surface area contributed by atoms with E-state index in [1.807, 2.05) is 36.4 Å². The van der Waals surface area contributed by atoms with Crippen LogP contribution in [0.1, 0.15) is 27.7 Å². The normalized spacial score (nSPS) is 12.5. The molecule has 24 heavy (non-hydrogen) atoms. The van der Waals surface area contributed by atoms with Crippen LogP contribution in [0.3, 0.4) is 0 Å². The van der Waals surface area contributed by atoms with Crippen molar-refractivity contribution in [2.45, 2.75) is 39.3 Å². The number of hydrogen-bond acceptors (Lipinski definition) is 4. The van der Waals surface area contributed by atoms with Crippen molar-refractivity contribution in [2.24, 2.45) is 0 Å². The topological polar surface area (TPSA) is 55.8 Å². The summed E-state index contributed by atoms with van der Waals surface area (Å²) < 4.78 is 10.3. The predicted molar refractivity (Wildman–Crippen MR) is 94.1 cm³/mol. The molecule has 0 aromatic heterocycles. The number of anilines is 1. The van der Waals surface area contributed by atoms with Gasteiger partial charge in [-0.25, -0.2) is 9.59 Å². The monoisotopic (exact) mass is 329 g/mol. The van der Waals surface area contributed by atoms with Gasteiger partial charge in [0.2, 0.25) is 0 Å². The molecule has 2 aromatic carbocycles. The molecule has 1 atom stereocenters. The molecule has 5 nitrogen and oxygen atoms in total. The van der Waals surface area contributed by atoms with Gasteiger partial charge in [-0.05, 0) is 39.1 Å². The summed E-state index contributed by atoms with van der Waals surface area (Å²) >= 11 is 0. The molecule has 0 aliphatic carbocycles. The number of carbonyl (C=O) groups is 2. The van der Waals surface area contributed by atoms with Gasteiger partial charge in [0.05, 0.1) is 12.8 Å². The smallest absolute Gasteiger partial charge is 0.415 e. The molecular weight excluding hydrogens is 306 g/mol. The van der Waals surface area contributed by atoms with Crippen molar-refractivity contribution in [3.05, 3.63) is 42.5 Å². The van der Waals surface area contributed by atoms with Gasteiger partial charge >= 0.3 is 12.1 Å². The van der Waals surface area contributed by atoms with Crippen LogP contribution in [-0.2, 0) is 14.3 Å². The number of esters is 1. The maximum atomic E-state index is 12.8. The molecule has 0 N–H and O–H groups in total. The van der Waals surface area contributed by atoms with Crippen LogP contribution in [0.4, 0.5) is 10.5 Å². The van der Waals surface area contributed by atoms with E-state index in [0.29, 0.717) is 5.69 Å². The highest BCUT2D eigenvalue weighted by Gasteiger charge is 2.32. The second-order valence-corrected chi connectivity index (χ2v) is 6.55. The van der Waals surface area contributed by atoms with Crippen LogP contribution in [0.25, 0.3) is 10.8 Å². The van der Waals surface area contributed by atoms with Gasteiger partial charge in [0.1, 0.15) is 11.6 Å². The van der Waals surface area contributed by atoms with Crippen molar-refractivity contribution in [2.75, 3.05) is 12.0 Å². The first-order chi connectivity index (χ1) is 11.2. The number of nitrogens with zero attached hydrogens (tertiary/aromatic N) is 1. The van der Waals surface area contributed by atoms with E-state index in [9.17, 15) is 9.59 Å². The van der Waals surface area contributed by atoms with Crippen molar-refractivity contribution in [1.29, 1.82) is 0 Å². The Hall–Kier alpha value is -2.56. The van der Waals surface area contributed by atoms with Crippen LogP contribution in [0.2, 0.25) is 0 Å². The molecule has 0 aliphatic heterocycles. The molecule has 128 valence electrons. The Morgan fingerprint density at radius 2 is 1.67 bits per heavy atom. The first-order valence-corrected chi connectivity index (χ1v) is 7.82. The molecule has 1 amide bonds. The molecule has 2 rings (SSSR count). The minimum atomic E-state index is -0.810. The maximum Gasteiger partial charge on any atom is 0.415 e. The number of carbonyl (C=O) groups excluding carboxylic acids is 2. The van der Waals surface area contributed by atoms with E-state index in [4.69, 9.17) is 9.47 Å². The third-order valence-corrected chi connectivity index (χ3v) is 3.55. The lowest BCUT2D eigenvalue weighted by Gasteiger charge is -2.31. The Kier molecular flexibility index (Phi) is 5.12. The van der Waals surface area contributed by atoms with Crippen LogP contribution < -0.4 is 4.90 Å². The number of benzene rings is 2. The fourth-order valence-electron chi connectivity index (χ4n) is 2.47. The summed E-state index contributed by atoms with van der Waals surface area (Å²) in [6.45, 7) is 6.98. The zero-order chi connectivity index (χ0) is 17.9. The van der Waals surface area contributed by atoms with E-state index in [0.717, 1.165) is 10.8 Å². The molecule has 0 spiro atoms. The van der Waals surface area contributed by atoms with Crippen LogP contribution >= 0.6 is 0 Å². The fourth-order valence-corrected chi connectivity index (χ4v) is 2.47. The maximum absolute atomic E-state index is 12.8. The van der Waals surface area contributed by atoms with E-state index in [1.165, 1.54) is 12.0 Å². The average Bonchev–Trinajstić information content (AvgIpc) is 2.52. The zero-order valence-corrected chi connectivity index (χ0v) is 14.7. The highest BCUT2D eigenvalue weighted by molar-refractivity contribution is 6.04. The van der Waals surface area contributed by atoms with Gasteiger partial charge in [-0.3, -0.25) is 4.90 Å². The lowest BCUT2D eigenvalue weighted by atomic mass is 10.1. The molecular formula is C19H23NO4. The fraction of sp³-hybridized carbons (Fsp3) is 0.368. The molecule has 0 saturated heterocycles. The lowest BCUT2D eigenvalue weighted by molar-refractivity contribution is -0.141. The second-order valence-electron chi connectivity index (χ2n) is 6.55. The summed E-state index contributed by atoms with van der Waals surface area (Å²) in [4.78, 5) is 26.2. The summed E-state index contributed by atoms with van der Waals surface area (Å²) in [5.74, 6) is -0.506. The summed E-state index contributed by atoms with van der Waals surface area (Å²) in [5, 5.41) is 1.84. The predicted octanol–water partition coefficient (Wildman–Crippen LogP) is 4.14. The SMILES string of the molecule is COC(=O)C(C)N(C(=O)OC(C)(C)C)c1cccc2ccccc12. The van der Waals surface area contributed by atoms with Crippen molar-refractivity contribution >= 4 is 28.5 Å². The molecule has 0 saturated carbocycles. The summed E-state index contributed by atoms with van der Waals surface area (Å²) in [6, 6.07) is 12.5. The Bertz CT molecular complexity index is 743. The largest absolute Gasteiger partial charge is 0.467 e. The Labute approximate surface area is 142 Å². The van der Waals surface area contributed by atoms with Gasteiger partial charge in [-0.1, -0.05) is 36.4 Å². The Morgan fingerprint density at radius 3 is 2.29 bits per heavy atom. The third-order valence-electron chi connectivity index (χ3n) is 3.55. The quantitative estimate of drug-likeness (QED) is 0.794. The minimum Gasteiger partial charge on any atom is -0.467 e. The van der Waals surface area contributed by atoms with Crippen molar-refractivity contribution < 1.29 is 19.1 Å². The van der Waals surface area contributed by atoms with Gasteiger partial charge in [0.25, 0.3) is 0 Å². The lowest BCUT2D eigenvalue weighted by Crippen LogP contribution is -2.46. The Balaban J connectivity index is 2.56. The van der Waals surface area contributed by atoms with Crippen LogP contribution in [0, 0.1) is 0 Å². The first-order valence-electron chi connectivity index (χ1n) is 7.82. The second kappa shape index (κ2) is 6.91. The van der Waals surface area contributed by atoms with Crippen molar-refractivity contribution in [3.63, 3.8) is 0 Å². The van der Waals surface area contributed by atoms with Crippen LogP contribution in [0.15, 0.2) is 42.5 Å². The molecule has 2 aromatic rings. The van der Waals surface area contributed by atoms with E-state index in [2.05, 4.69) is 0 Å². The summed E-state index contributed by atoms with van der Waals surface area (Å²) in [7, 11) is 1.30. The minimum absolute atomic E-state index is 0.506. The van der Waals surface area contributed by atoms with E-state index < -0.39 is 23.7 Å². The van der Waals surface area contributed by atoms with Gasteiger partial charge in [-0.2, -0.15) is 0 Å². The summed E-state index contributed by atoms with van der Waals surface area (Å²) in [6.07, 6.45) is -0.586. The average molecular weight is 329 g/mol. The molecule has 5 heteroatoms. The number of rotatable bonds is 3. The van der Waals surface area contributed by atoms with Crippen LogP contribution in [0.5, 0.6) is 0 Å². The molecule has 1 unspecified atom stereocenters. The van der Waals surface area contributed by atoms with Crippen molar-refractivity contribution in [1.82, 2.24) is 0 Å². The van der Waals surface area contributed by atoms with Gasteiger partial charge < -0.3 is 9.47 Å². The van der Waals surface area contributed by atoms with E-state index in [-0.39, 0.29) is 0 Å². The molecule has 0 fully saturated rings. The number of ether oxygens (including phenoxy) is 2. The Morgan fingerprint density at radius 1 is 1.04 bits per heavy atom. The van der Waals surface area contributed by atoms with Crippen molar-refractivity contribution in [3.8, 4) is 0 Å². The van der Waals surface area contributed by atoms with Gasteiger partial charge in [0.15, 0.2) is 0 Å². The number of hydrogen-bond donors (Lipinski definition) is 0. The zero-order valence-electron chi connectivity index (χ0n) is 14.7. The molecule has 0 heterocycles. The third kappa shape index (κ3) is 3.85. The summed E-state index contributed by atoms with van der Waals surface area (Å²) in [5.41, 5.74) is -0.0595. The van der Waals surface area contributed by atoms with E-state index >= 15 is 0 Å². The molecule has 0 bridgehead atoms. The number of amides is 1. The standard InChI is InChI=1S/C19H23NO4/c1-13(17(21)23-5)20(18(22)24-19(2,3)4)16-12-8-10-14-9-6-7-11-15(14)16/h6-13H,1-5H3. The number of methoxy groups -OCH3 is 1. The van der Waals surface area contributed by atoms with Crippen LogP contribution in [-0.4, -0.2) is 30.8 Å². The number of fused-ring (bicyclic) bond motifs is 1. The first kappa shape index (κ1) is 17.8. The molecule has 0 radical (unpaired) electrons. The van der Waals surface area contributed by atoms with Gasteiger partial charge in [-0.15, -0.1) is 0 Å². The molecule has 0 aliphatic rings. The highest BCUT2D eigenvalue weighted by Crippen LogP contribution is 2.29. The van der Waals surface area contributed by atoms with Gasteiger partial charge in [0, 0.05) is 5.39 Å². The van der Waals surface area contributed by atoms with E-state index in [1.54, 1.807) is 33.8 Å².